The van der Waals surface area contributed by atoms with E-state index in [1.807, 2.05) is 6.92 Å². The van der Waals surface area contributed by atoms with E-state index >= 15 is 0 Å². The third-order valence-electron chi connectivity index (χ3n) is 3.75. The summed E-state index contributed by atoms with van der Waals surface area (Å²) in [5, 5.41) is 3.64. The average Bonchev–Trinajstić information content (AvgIpc) is 2.36. The first-order valence-electron chi connectivity index (χ1n) is 7.19. The maximum atomic E-state index is 5.98. The zero-order chi connectivity index (χ0) is 13.4. The molecule has 0 saturated carbocycles. The Bertz CT molecular complexity index is 280. The number of nitrogens with one attached hydrogen (secondary N) is 1. The van der Waals surface area contributed by atoms with Crippen LogP contribution in [0.25, 0.3) is 0 Å². The third-order valence-corrected chi connectivity index (χ3v) is 3.75. The van der Waals surface area contributed by atoms with Gasteiger partial charge in [0.2, 0.25) is 0 Å². The number of hydrogen-bond donors (Lipinski definition) is 2. The van der Waals surface area contributed by atoms with Crippen molar-refractivity contribution in [2.24, 2.45) is 11.7 Å². The predicted octanol–water partition coefficient (Wildman–Crippen LogP) is 1.44. The van der Waals surface area contributed by atoms with E-state index in [2.05, 4.69) is 35.9 Å². The molecule has 18 heavy (non-hydrogen) atoms. The number of rotatable bonds is 6. The summed E-state index contributed by atoms with van der Waals surface area (Å²) in [5.74, 6) is 6.79. The van der Waals surface area contributed by atoms with Crippen LogP contribution in [0.5, 0.6) is 0 Å². The van der Waals surface area contributed by atoms with Crippen LogP contribution in [0.4, 0.5) is 0 Å². The van der Waals surface area contributed by atoms with Crippen molar-refractivity contribution in [1.82, 2.24) is 10.2 Å². The van der Waals surface area contributed by atoms with Crippen LogP contribution in [-0.2, 0) is 0 Å². The zero-order valence-corrected chi connectivity index (χ0v) is 12.3. The van der Waals surface area contributed by atoms with Gasteiger partial charge in [0.25, 0.3) is 0 Å². The largest absolute Gasteiger partial charge is 0.329 e. The van der Waals surface area contributed by atoms with Crippen LogP contribution in [0.2, 0.25) is 0 Å². The molecular weight excluding hydrogens is 222 g/mol. The first-order chi connectivity index (χ1) is 8.62. The third kappa shape index (κ3) is 4.97. The van der Waals surface area contributed by atoms with E-state index < -0.39 is 0 Å². The molecule has 0 atom stereocenters. The van der Waals surface area contributed by atoms with E-state index in [1.165, 1.54) is 19.6 Å². The second-order valence-electron chi connectivity index (χ2n) is 5.78. The standard InChI is InChI=1S/C15H29N3/c1-4-5-6-9-17-15(13-16)7-10-18(11-8-15)12-14(2)3/h14,17H,6-13,16H2,1-3H3. The molecule has 0 spiro atoms. The van der Waals surface area contributed by atoms with Gasteiger partial charge >= 0.3 is 0 Å². The van der Waals surface area contributed by atoms with E-state index in [9.17, 15) is 0 Å². The van der Waals surface area contributed by atoms with Crippen LogP contribution in [-0.4, -0.2) is 43.2 Å². The van der Waals surface area contributed by atoms with Crippen molar-refractivity contribution in [2.75, 3.05) is 32.7 Å². The molecule has 3 N–H and O–H groups in total. The van der Waals surface area contributed by atoms with Crippen molar-refractivity contribution < 1.29 is 0 Å². The van der Waals surface area contributed by atoms with E-state index in [1.54, 1.807) is 0 Å². The molecule has 104 valence electrons. The van der Waals surface area contributed by atoms with Gasteiger partial charge < -0.3 is 16.0 Å². The second kappa shape index (κ2) is 7.78. The first-order valence-corrected chi connectivity index (χ1v) is 7.19. The lowest BCUT2D eigenvalue weighted by atomic mass is 9.87. The highest BCUT2D eigenvalue weighted by Crippen LogP contribution is 2.21. The minimum absolute atomic E-state index is 0.156. The molecule has 0 aliphatic carbocycles. The van der Waals surface area contributed by atoms with Crippen LogP contribution in [0.3, 0.4) is 0 Å². The highest BCUT2D eigenvalue weighted by molar-refractivity contribution is 4.98. The van der Waals surface area contributed by atoms with Crippen molar-refractivity contribution >= 4 is 0 Å². The Balaban J connectivity index is 2.36. The van der Waals surface area contributed by atoms with E-state index in [4.69, 9.17) is 5.73 Å². The molecule has 3 nitrogen and oxygen atoms in total. The molecule has 3 heteroatoms. The maximum Gasteiger partial charge on any atom is 0.0328 e. The maximum absolute atomic E-state index is 5.98. The van der Waals surface area contributed by atoms with Gasteiger partial charge in [-0.05, 0) is 38.8 Å². The minimum atomic E-state index is 0.156. The predicted molar refractivity (Wildman–Crippen MR) is 78.4 cm³/mol. The van der Waals surface area contributed by atoms with Crippen molar-refractivity contribution in [3.63, 3.8) is 0 Å². The molecule has 0 aromatic rings. The highest BCUT2D eigenvalue weighted by Gasteiger charge is 2.32. The van der Waals surface area contributed by atoms with Gasteiger partial charge in [0.15, 0.2) is 0 Å². The van der Waals surface area contributed by atoms with Crippen molar-refractivity contribution in [3.05, 3.63) is 0 Å². The molecule has 0 unspecified atom stereocenters. The number of hydrogen-bond acceptors (Lipinski definition) is 3. The lowest BCUT2D eigenvalue weighted by molar-refractivity contribution is 0.129. The summed E-state index contributed by atoms with van der Waals surface area (Å²) in [5.41, 5.74) is 6.14. The molecule has 1 aliphatic heterocycles. The van der Waals surface area contributed by atoms with Crippen LogP contribution in [0, 0.1) is 17.8 Å². The lowest BCUT2D eigenvalue weighted by Crippen LogP contribution is -2.58. The zero-order valence-electron chi connectivity index (χ0n) is 12.3. The fourth-order valence-corrected chi connectivity index (χ4v) is 2.65. The molecule has 0 bridgehead atoms. The first kappa shape index (κ1) is 15.5. The quantitative estimate of drug-likeness (QED) is 0.554. The summed E-state index contributed by atoms with van der Waals surface area (Å²) in [6.45, 7) is 11.7. The van der Waals surface area contributed by atoms with Crippen LogP contribution >= 0.6 is 0 Å². The summed E-state index contributed by atoms with van der Waals surface area (Å²) in [7, 11) is 0. The van der Waals surface area contributed by atoms with Gasteiger partial charge in [0.05, 0.1) is 0 Å². The smallest absolute Gasteiger partial charge is 0.0328 e. The Kier molecular flexibility index (Phi) is 6.70. The SMILES string of the molecule is CC#CCCNC1(CN)CCN(CC(C)C)CC1. The van der Waals surface area contributed by atoms with Gasteiger partial charge in [-0.15, -0.1) is 11.8 Å². The fourth-order valence-electron chi connectivity index (χ4n) is 2.65. The van der Waals surface area contributed by atoms with E-state index in [0.717, 1.165) is 38.3 Å². The summed E-state index contributed by atoms with van der Waals surface area (Å²) < 4.78 is 0. The van der Waals surface area contributed by atoms with Gasteiger partial charge in [0.1, 0.15) is 0 Å². The second-order valence-corrected chi connectivity index (χ2v) is 5.78. The average molecular weight is 251 g/mol. The minimum Gasteiger partial charge on any atom is -0.329 e. The molecule has 1 fully saturated rings. The van der Waals surface area contributed by atoms with Crippen LogP contribution in [0.1, 0.15) is 40.0 Å². The van der Waals surface area contributed by atoms with Crippen LogP contribution < -0.4 is 11.1 Å². The Morgan fingerprint density at radius 2 is 2.00 bits per heavy atom. The Morgan fingerprint density at radius 1 is 1.33 bits per heavy atom. The number of likely N-dealkylation sites (tertiary alicyclic amines) is 1. The molecule has 1 aliphatic rings. The molecule has 1 heterocycles. The number of nitrogens with two attached hydrogens (primary N) is 1. The van der Waals surface area contributed by atoms with E-state index in [0.29, 0.717) is 0 Å². The molecule has 1 rings (SSSR count). The normalized spacial score (nSPS) is 19.6. The van der Waals surface area contributed by atoms with Crippen LogP contribution in [0.15, 0.2) is 0 Å². The molecule has 0 aromatic carbocycles. The Hall–Kier alpha value is -0.560. The molecule has 0 amide bonds. The Labute approximate surface area is 112 Å². The summed E-state index contributed by atoms with van der Waals surface area (Å²) in [4.78, 5) is 2.56. The van der Waals surface area contributed by atoms with Crippen molar-refractivity contribution in [1.29, 1.82) is 0 Å². The van der Waals surface area contributed by atoms with Gasteiger partial charge in [-0.3, -0.25) is 0 Å². The fraction of sp³-hybridized carbons (Fsp3) is 0.867. The van der Waals surface area contributed by atoms with Gasteiger partial charge in [0, 0.05) is 31.6 Å². The summed E-state index contributed by atoms with van der Waals surface area (Å²) >= 11 is 0. The van der Waals surface area contributed by atoms with E-state index in [-0.39, 0.29) is 5.54 Å². The summed E-state index contributed by atoms with van der Waals surface area (Å²) in [6, 6.07) is 0. The van der Waals surface area contributed by atoms with Crippen molar-refractivity contribution in [3.8, 4) is 11.8 Å². The molecule has 0 radical (unpaired) electrons. The number of piperidine rings is 1. The molecule has 1 saturated heterocycles. The highest BCUT2D eigenvalue weighted by atomic mass is 15.2. The summed E-state index contributed by atoms with van der Waals surface area (Å²) in [6.07, 6.45) is 3.25. The Morgan fingerprint density at radius 3 is 2.50 bits per heavy atom. The topological polar surface area (TPSA) is 41.3 Å². The molecular formula is C15H29N3. The van der Waals surface area contributed by atoms with Gasteiger partial charge in [-0.2, -0.15) is 0 Å². The lowest BCUT2D eigenvalue weighted by Gasteiger charge is -2.42. The van der Waals surface area contributed by atoms with Crippen molar-refractivity contribution in [2.45, 2.75) is 45.6 Å². The number of nitrogens with zero attached hydrogens (tertiary/aromatic N) is 1. The van der Waals surface area contributed by atoms with Gasteiger partial charge in [-0.25, -0.2) is 0 Å². The molecule has 0 aromatic heterocycles. The van der Waals surface area contributed by atoms with Gasteiger partial charge in [-0.1, -0.05) is 13.8 Å². The monoisotopic (exact) mass is 251 g/mol.